The number of hydrogen-bond acceptors (Lipinski definition) is 3. The molecule has 0 saturated heterocycles. The summed E-state index contributed by atoms with van der Waals surface area (Å²) in [4.78, 5) is 17.0. The highest BCUT2D eigenvalue weighted by Gasteiger charge is 2.26. The van der Waals surface area contributed by atoms with Gasteiger partial charge in [0, 0.05) is 115 Å². The van der Waals surface area contributed by atoms with Crippen molar-refractivity contribution in [1.29, 1.82) is 0 Å². The molecule has 7 aromatic heterocycles. The Bertz CT molecular complexity index is 8810. The summed E-state index contributed by atoms with van der Waals surface area (Å²) >= 11 is 0. The predicted octanol–water partition coefficient (Wildman–Crippen LogP) is 33.5. The molecule has 138 heavy (non-hydrogen) atoms. The van der Waals surface area contributed by atoms with Gasteiger partial charge < -0.3 is 27.4 Å². The molecule has 0 atom stereocenters. The summed E-state index contributed by atoms with van der Waals surface area (Å²) in [6.45, 7) is 0. The van der Waals surface area contributed by atoms with E-state index in [4.69, 9.17) is 15.0 Å². The van der Waals surface area contributed by atoms with Crippen molar-refractivity contribution < 1.29 is 0 Å². The van der Waals surface area contributed by atoms with E-state index in [1.54, 1.807) is 0 Å². The van der Waals surface area contributed by atoms with Gasteiger partial charge in [-0.25, -0.2) is 15.0 Å². The Morgan fingerprint density at radius 1 is 0.116 bits per heavy atom. The van der Waals surface area contributed by atoms with Crippen molar-refractivity contribution in [3.63, 3.8) is 0 Å². The van der Waals surface area contributed by atoms with Crippen molar-refractivity contribution in [2.24, 2.45) is 0 Å². The molecule has 0 fully saturated rings. The second kappa shape index (κ2) is 31.6. The van der Waals surface area contributed by atoms with Crippen molar-refractivity contribution in [2.45, 2.75) is 0 Å². The van der Waals surface area contributed by atoms with Crippen LogP contribution in [0.3, 0.4) is 0 Å². The lowest BCUT2D eigenvalue weighted by Crippen LogP contribution is -2.03. The Balaban J connectivity index is 0.596. The molecule has 642 valence electrons. The molecule has 0 radical (unpaired) electrons. The van der Waals surface area contributed by atoms with E-state index in [1.165, 1.54) is 87.2 Å². The fourth-order valence-corrected chi connectivity index (χ4v) is 22.1. The Morgan fingerprint density at radius 2 is 0.297 bits per heavy atom. The molecular weight excluding hydrogens is 1680 g/mol. The minimum atomic E-state index is 0.549. The number of para-hydroxylation sites is 8. The summed E-state index contributed by atoms with van der Waals surface area (Å²) in [5.74, 6) is 1.66. The Hall–Kier alpha value is -18.6. The number of rotatable bonds is 15. The van der Waals surface area contributed by atoms with E-state index < -0.39 is 0 Å². The SMILES string of the molecule is c1ccc(-c2cccc(-c3ccccc3)c2-c2nc(-c3ccc(-n4c5ccc(-c6ccc7c(c6)c6ccccc6n7-c6ccccc6)cc5c5cc(-c6ccc7c(c6)c6ccccc6n7-c6ccccc6)ccc54)cc3)nc(-c3ccc(-n4c5ccc(-c6ccc7c(c6)c6ccccc6n7-c6ccccc6)cc5c5cc(-c6ccc7c(c6)c6ccccc6n7-c6ccccc6)ccc54)cc3)n2)cc1. The smallest absolute Gasteiger partial charge is 0.165 e. The quantitative estimate of drug-likeness (QED) is 0.103. The lowest BCUT2D eigenvalue weighted by molar-refractivity contribution is 1.07. The maximum Gasteiger partial charge on any atom is 0.165 e. The number of benzene rings is 21. The molecule has 0 bridgehead atoms. The number of aromatic nitrogens is 9. The van der Waals surface area contributed by atoms with Crippen LogP contribution in [-0.4, -0.2) is 42.4 Å². The van der Waals surface area contributed by atoms with Crippen LogP contribution in [0.1, 0.15) is 0 Å². The minimum absolute atomic E-state index is 0.549. The van der Waals surface area contributed by atoms with E-state index >= 15 is 0 Å². The summed E-state index contributed by atoms with van der Waals surface area (Å²) in [5, 5.41) is 14.3. The molecule has 0 amide bonds. The third-order valence-electron chi connectivity index (χ3n) is 28.5. The highest BCUT2D eigenvalue weighted by atomic mass is 15.1. The van der Waals surface area contributed by atoms with Crippen LogP contribution in [0, 0.1) is 0 Å². The van der Waals surface area contributed by atoms with Gasteiger partial charge in [-0.2, -0.15) is 0 Å². The van der Waals surface area contributed by atoms with Gasteiger partial charge in [-0.05, 0) is 285 Å². The average Bonchev–Trinajstić information content (AvgIpc) is 1.55. The highest BCUT2D eigenvalue weighted by Crippen LogP contribution is 2.48. The standard InChI is InChI=1S/C129H81N9/c1-7-28-82(29-8-1)100-44-27-45-101(83-30-9-2-10-31-83)126(100)129-131-127(84-50-62-98(63-51-84)137-122-70-58-90(86-54-66-118-106(74-86)102-40-19-23-46-114(102)133(118)94-32-11-3-12-33-94)78-110(122)111-79-91(59-71-123(111)137)87-55-67-119-107(75-87)103-41-20-24-47-115(103)134(119)95-34-13-4-14-35-95)130-128(132-129)85-52-64-99(65-53-85)138-124-72-60-92(88-56-68-120-108(76-88)104-42-21-25-48-116(104)135(120)96-36-15-5-16-37-96)80-112(124)113-81-93(61-73-125(113)138)89-57-69-121-109(77-89)105-43-22-26-49-117(105)136(121)97-38-17-6-18-39-97/h1-81H. The third-order valence-corrected chi connectivity index (χ3v) is 28.5. The van der Waals surface area contributed by atoms with E-state index in [9.17, 15) is 0 Å². The maximum atomic E-state index is 5.68. The van der Waals surface area contributed by atoms with Gasteiger partial charge in [0.25, 0.3) is 0 Å². The number of nitrogens with zero attached hydrogens (tertiary/aromatic N) is 9. The molecule has 0 spiro atoms. The largest absolute Gasteiger partial charge is 0.309 e. The molecule has 0 N–H and O–H groups in total. The molecule has 28 rings (SSSR count). The molecule has 7 heterocycles. The summed E-state index contributed by atoms with van der Waals surface area (Å²) in [5.41, 5.74) is 36.2. The molecule has 21 aromatic carbocycles. The van der Waals surface area contributed by atoms with Gasteiger partial charge in [0.05, 0.1) is 66.2 Å². The van der Waals surface area contributed by atoms with E-state index in [-0.39, 0.29) is 0 Å². The first-order chi connectivity index (χ1) is 68.4. The van der Waals surface area contributed by atoms with E-state index in [0.717, 1.165) is 161 Å². The van der Waals surface area contributed by atoms with Crippen molar-refractivity contribution in [3.05, 3.63) is 491 Å². The molecule has 28 aromatic rings. The summed E-state index contributed by atoms with van der Waals surface area (Å²) in [6.07, 6.45) is 0. The number of hydrogen-bond donors (Lipinski definition) is 0. The van der Waals surface area contributed by atoms with Crippen LogP contribution in [0.2, 0.25) is 0 Å². The lowest BCUT2D eigenvalue weighted by Gasteiger charge is -2.17. The van der Waals surface area contributed by atoms with Crippen LogP contribution in [0.15, 0.2) is 491 Å². The molecule has 0 saturated carbocycles. The average molecular weight is 1760 g/mol. The minimum Gasteiger partial charge on any atom is -0.309 e. The van der Waals surface area contributed by atoms with Crippen LogP contribution in [0.4, 0.5) is 0 Å². The zero-order valence-electron chi connectivity index (χ0n) is 74.8. The maximum absolute atomic E-state index is 5.68. The van der Waals surface area contributed by atoms with Crippen LogP contribution >= 0.6 is 0 Å². The fraction of sp³-hybridized carbons (Fsp3) is 0. The van der Waals surface area contributed by atoms with E-state index in [2.05, 4.69) is 519 Å². The van der Waals surface area contributed by atoms with Crippen molar-refractivity contribution in [3.8, 4) is 135 Å². The topological polar surface area (TPSA) is 68.2 Å². The van der Waals surface area contributed by atoms with Gasteiger partial charge in [0.2, 0.25) is 0 Å². The lowest BCUT2D eigenvalue weighted by atomic mass is 9.91. The van der Waals surface area contributed by atoms with Gasteiger partial charge in [-0.3, -0.25) is 0 Å². The van der Waals surface area contributed by atoms with Crippen molar-refractivity contribution in [1.82, 2.24) is 42.4 Å². The summed E-state index contributed by atoms with van der Waals surface area (Å²) < 4.78 is 14.4. The van der Waals surface area contributed by atoms with Gasteiger partial charge in [-0.1, -0.05) is 273 Å². The monoisotopic (exact) mass is 1760 g/mol. The van der Waals surface area contributed by atoms with Crippen LogP contribution in [-0.2, 0) is 0 Å². The second-order valence-corrected chi connectivity index (χ2v) is 36.1. The second-order valence-electron chi connectivity index (χ2n) is 36.1. The van der Waals surface area contributed by atoms with Crippen LogP contribution < -0.4 is 0 Å². The first-order valence-electron chi connectivity index (χ1n) is 47.2. The van der Waals surface area contributed by atoms with Gasteiger partial charge >= 0.3 is 0 Å². The third kappa shape index (κ3) is 12.6. The first kappa shape index (κ1) is 78.1. The van der Waals surface area contributed by atoms with Crippen molar-refractivity contribution in [2.75, 3.05) is 0 Å². The molecule has 0 aliphatic carbocycles. The predicted molar refractivity (Wildman–Crippen MR) is 575 cm³/mol. The summed E-state index contributed by atoms with van der Waals surface area (Å²) in [6, 6.07) is 180. The Kier molecular flexibility index (Phi) is 17.9. The zero-order valence-corrected chi connectivity index (χ0v) is 74.8. The van der Waals surface area contributed by atoms with Crippen molar-refractivity contribution >= 4 is 131 Å². The molecule has 0 aliphatic rings. The van der Waals surface area contributed by atoms with E-state index in [0.29, 0.717) is 17.5 Å². The van der Waals surface area contributed by atoms with Crippen LogP contribution in [0.25, 0.3) is 266 Å². The fourth-order valence-electron chi connectivity index (χ4n) is 22.1. The van der Waals surface area contributed by atoms with Gasteiger partial charge in [0.1, 0.15) is 0 Å². The highest BCUT2D eigenvalue weighted by molar-refractivity contribution is 6.18. The molecule has 0 aliphatic heterocycles. The number of fused-ring (bicyclic) bond motifs is 18. The molecular formula is C129H81N9. The zero-order chi connectivity index (χ0) is 90.6. The molecule has 0 unspecified atom stereocenters. The first-order valence-corrected chi connectivity index (χ1v) is 47.2. The van der Waals surface area contributed by atoms with E-state index in [1.807, 2.05) is 0 Å². The van der Waals surface area contributed by atoms with Gasteiger partial charge in [0.15, 0.2) is 17.5 Å². The van der Waals surface area contributed by atoms with Gasteiger partial charge in [-0.15, -0.1) is 0 Å². The molecule has 9 nitrogen and oxygen atoms in total. The Labute approximate surface area is 794 Å². The normalized spacial score (nSPS) is 11.9. The Morgan fingerprint density at radius 3 is 0.536 bits per heavy atom. The molecule has 9 heteroatoms. The summed E-state index contributed by atoms with van der Waals surface area (Å²) in [7, 11) is 0. The van der Waals surface area contributed by atoms with Crippen LogP contribution in [0.5, 0.6) is 0 Å².